The van der Waals surface area contributed by atoms with Gasteiger partial charge >= 0.3 is 0 Å². The minimum absolute atomic E-state index is 0.596. The van der Waals surface area contributed by atoms with Gasteiger partial charge in [-0.05, 0) is 43.9 Å². The largest absolute Gasteiger partial charge is 0.473 e. The average Bonchev–Trinajstić information content (AvgIpc) is 3.23. The summed E-state index contributed by atoms with van der Waals surface area (Å²) in [6, 6.07) is 11.3. The maximum atomic E-state index is 5.90. The van der Waals surface area contributed by atoms with E-state index in [2.05, 4.69) is 34.7 Å². The third-order valence-electron chi connectivity index (χ3n) is 3.86. The Morgan fingerprint density at radius 2 is 2.05 bits per heavy atom. The summed E-state index contributed by atoms with van der Waals surface area (Å²) in [5.41, 5.74) is 3.60. The maximum Gasteiger partial charge on any atom is 0.212 e. The van der Waals surface area contributed by atoms with E-state index in [0.717, 1.165) is 30.6 Å². The highest BCUT2D eigenvalue weighted by Gasteiger charge is 2.19. The molecule has 112 valence electrons. The predicted octanol–water partition coefficient (Wildman–Crippen LogP) is 2.60. The van der Waals surface area contributed by atoms with Gasteiger partial charge in [0.15, 0.2) is 0 Å². The van der Waals surface area contributed by atoms with Gasteiger partial charge in [0.2, 0.25) is 5.88 Å². The molecule has 1 aromatic heterocycles. The molecule has 0 bridgehead atoms. The summed E-state index contributed by atoms with van der Waals surface area (Å²) in [6.07, 6.45) is 3.73. The van der Waals surface area contributed by atoms with E-state index in [1.807, 2.05) is 20.0 Å². The molecule has 2 aromatic rings. The second-order valence-electron chi connectivity index (χ2n) is 5.78. The molecule has 4 nitrogen and oxygen atoms in total. The summed E-state index contributed by atoms with van der Waals surface area (Å²) in [4.78, 5) is 0. The lowest BCUT2D eigenvalue weighted by Crippen LogP contribution is -2.19. The zero-order valence-electron chi connectivity index (χ0n) is 12.8. The van der Waals surface area contributed by atoms with Gasteiger partial charge in [0.05, 0.1) is 5.69 Å². The lowest BCUT2D eigenvalue weighted by Gasteiger charge is -2.11. The SMILES string of the molecule is Cc1cc(OCc2ccccc2CCNC2CC2)n(C)n1. The number of hydrogen-bond donors (Lipinski definition) is 1. The van der Waals surface area contributed by atoms with Crippen LogP contribution in [0, 0.1) is 6.92 Å². The Balaban J connectivity index is 1.59. The van der Waals surface area contributed by atoms with Gasteiger partial charge in [0.25, 0.3) is 0 Å². The summed E-state index contributed by atoms with van der Waals surface area (Å²) in [7, 11) is 1.91. The Labute approximate surface area is 126 Å². The van der Waals surface area contributed by atoms with Crippen LogP contribution in [0.3, 0.4) is 0 Å². The van der Waals surface area contributed by atoms with Gasteiger partial charge in [-0.2, -0.15) is 5.10 Å². The quantitative estimate of drug-likeness (QED) is 0.850. The number of rotatable bonds is 7. The highest BCUT2D eigenvalue weighted by Crippen LogP contribution is 2.19. The van der Waals surface area contributed by atoms with Crippen molar-refractivity contribution in [3.8, 4) is 5.88 Å². The molecule has 0 saturated heterocycles. The molecule has 1 aliphatic carbocycles. The molecule has 3 rings (SSSR count). The fraction of sp³-hybridized carbons (Fsp3) is 0.471. The Morgan fingerprint density at radius 3 is 2.71 bits per heavy atom. The first-order valence-corrected chi connectivity index (χ1v) is 7.66. The van der Waals surface area contributed by atoms with E-state index in [1.165, 1.54) is 24.0 Å². The number of aryl methyl sites for hydroxylation is 2. The molecule has 0 amide bonds. The number of hydrogen-bond acceptors (Lipinski definition) is 3. The van der Waals surface area contributed by atoms with Crippen molar-refractivity contribution in [3.05, 3.63) is 47.2 Å². The van der Waals surface area contributed by atoms with Crippen LogP contribution in [0.5, 0.6) is 5.88 Å². The monoisotopic (exact) mass is 285 g/mol. The van der Waals surface area contributed by atoms with Crippen LogP contribution >= 0.6 is 0 Å². The summed E-state index contributed by atoms with van der Waals surface area (Å²) >= 11 is 0. The lowest BCUT2D eigenvalue weighted by molar-refractivity contribution is 0.277. The zero-order valence-corrected chi connectivity index (χ0v) is 12.8. The van der Waals surface area contributed by atoms with Crippen molar-refractivity contribution in [3.63, 3.8) is 0 Å². The van der Waals surface area contributed by atoms with Crippen LogP contribution in [0.15, 0.2) is 30.3 Å². The molecule has 4 heteroatoms. The van der Waals surface area contributed by atoms with Gasteiger partial charge in [0.1, 0.15) is 6.61 Å². The highest BCUT2D eigenvalue weighted by atomic mass is 16.5. The normalized spacial score (nSPS) is 14.4. The molecule has 0 aliphatic heterocycles. The Hall–Kier alpha value is -1.81. The molecule has 21 heavy (non-hydrogen) atoms. The number of ether oxygens (including phenoxy) is 1. The molecule has 1 N–H and O–H groups in total. The fourth-order valence-electron chi connectivity index (χ4n) is 2.51. The molecule has 0 unspecified atom stereocenters. The van der Waals surface area contributed by atoms with Crippen molar-refractivity contribution >= 4 is 0 Å². The molecule has 0 atom stereocenters. The van der Waals surface area contributed by atoms with E-state index in [-0.39, 0.29) is 0 Å². The van der Waals surface area contributed by atoms with Crippen LogP contribution in [0.25, 0.3) is 0 Å². The Kier molecular flexibility index (Phi) is 4.25. The lowest BCUT2D eigenvalue weighted by atomic mass is 10.1. The first-order valence-electron chi connectivity index (χ1n) is 7.66. The highest BCUT2D eigenvalue weighted by molar-refractivity contribution is 5.27. The molecular weight excluding hydrogens is 262 g/mol. The third-order valence-corrected chi connectivity index (χ3v) is 3.86. The first kappa shape index (κ1) is 14.1. The molecule has 1 saturated carbocycles. The van der Waals surface area contributed by atoms with Crippen molar-refractivity contribution in [1.82, 2.24) is 15.1 Å². The van der Waals surface area contributed by atoms with Crippen LogP contribution < -0.4 is 10.1 Å². The van der Waals surface area contributed by atoms with Crippen molar-refractivity contribution in [2.45, 2.75) is 38.8 Å². The van der Waals surface area contributed by atoms with Crippen LogP contribution in [0.2, 0.25) is 0 Å². The summed E-state index contributed by atoms with van der Waals surface area (Å²) in [5.74, 6) is 0.818. The number of benzene rings is 1. The van der Waals surface area contributed by atoms with Gasteiger partial charge in [-0.25, -0.2) is 4.68 Å². The van der Waals surface area contributed by atoms with Crippen molar-refractivity contribution in [2.75, 3.05) is 6.54 Å². The first-order chi connectivity index (χ1) is 10.2. The molecule has 1 fully saturated rings. The molecule has 0 radical (unpaired) electrons. The van der Waals surface area contributed by atoms with Gasteiger partial charge in [-0.3, -0.25) is 0 Å². The Morgan fingerprint density at radius 1 is 1.29 bits per heavy atom. The summed E-state index contributed by atoms with van der Waals surface area (Å²) < 4.78 is 7.69. The standard InChI is InChI=1S/C17H23N3O/c1-13-11-17(20(2)19-13)21-12-15-6-4-3-5-14(15)9-10-18-16-7-8-16/h3-6,11,16,18H,7-10,12H2,1-2H3. The van der Waals surface area contributed by atoms with Crippen LogP contribution in [0.1, 0.15) is 29.7 Å². The third kappa shape index (κ3) is 3.85. The van der Waals surface area contributed by atoms with Gasteiger partial charge in [-0.1, -0.05) is 24.3 Å². The van der Waals surface area contributed by atoms with Crippen LogP contribution in [0.4, 0.5) is 0 Å². The van der Waals surface area contributed by atoms with E-state index >= 15 is 0 Å². The number of nitrogens with zero attached hydrogens (tertiary/aromatic N) is 2. The zero-order chi connectivity index (χ0) is 14.7. The van der Waals surface area contributed by atoms with Gasteiger partial charge in [-0.15, -0.1) is 0 Å². The second-order valence-corrected chi connectivity index (χ2v) is 5.78. The van der Waals surface area contributed by atoms with Crippen LogP contribution in [-0.2, 0) is 20.1 Å². The number of nitrogens with one attached hydrogen (secondary N) is 1. The smallest absolute Gasteiger partial charge is 0.212 e. The molecular formula is C17H23N3O. The summed E-state index contributed by atoms with van der Waals surface area (Å²) in [6.45, 7) is 3.62. The number of aromatic nitrogens is 2. The van der Waals surface area contributed by atoms with Crippen molar-refractivity contribution < 1.29 is 4.74 Å². The molecule has 1 aromatic carbocycles. The minimum atomic E-state index is 0.596. The second kappa shape index (κ2) is 6.31. The predicted molar refractivity (Wildman–Crippen MR) is 83.4 cm³/mol. The Bertz CT molecular complexity index is 602. The topological polar surface area (TPSA) is 39.1 Å². The summed E-state index contributed by atoms with van der Waals surface area (Å²) in [5, 5.41) is 7.87. The van der Waals surface area contributed by atoms with E-state index in [1.54, 1.807) is 4.68 Å². The average molecular weight is 285 g/mol. The van der Waals surface area contributed by atoms with E-state index in [0.29, 0.717) is 6.61 Å². The van der Waals surface area contributed by atoms with Crippen LogP contribution in [-0.4, -0.2) is 22.4 Å². The maximum absolute atomic E-state index is 5.90. The van der Waals surface area contributed by atoms with Gasteiger partial charge in [0, 0.05) is 19.2 Å². The van der Waals surface area contributed by atoms with Gasteiger partial charge < -0.3 is 10.1 Å². The minimum Gasteiger partial charge on any atom is -0.473 e. The molecule has 0 spiro atoms. The van der Waals surface area contributed by atoms with Crippen molar-refractivity contribution in [2.24, 2.45) is 7.05 Å². The van der Waals surface area contributed by atoms with E-state index < -0.39 is 0 Å². The van der Waals surface area contributed by atoms with E-state index in [9.17, 15) is 0 Å². The van der Waals surface area contributed by atoms with Crippen molar-refractivity contribution in [1.29, 1.82) is 0 Å². The molecule has 1 aliphatic rings. The van der Waals surface area contributed by atoms with E-state index in [4.69, 9.17) is 4.74 Å². The fourth-order valence-corrected chi connectivity index (χ4v) is 2.51. The molecule has 1 heterocycles.